The van der Waals surface area contributed by atoms with Gasteiger partial charge in [-0.1, -0.05) is 11.6 Å². The minimum absolute atomic E-state index is 0.00360. The summed E-state index contributed by atoms with van der Waals surface area (Å²) < 4.78 is 41.9. The number of amides is 3. The number of carbonyl (C=O) groups is 4. The van der Waals surface area contributed by atoms with Crippen molar-refractivity contribution in [2.45, 2.75) is 31.9 Å². The molecule has 5 heterocycles. The van der Waals surface area contributed by atoms with Crippen LogP contribution in [0.5, 0.6) is 0 Å². The number of nitrogens with zero attached hydrogens (tertiary/aromatic N) is 6. The number of nitrogens with one attached hydrogen (secondary N) is 4. The summed E-state index contributed by atoms with van der Waals surface area (Å²) in [6.45, 7) is 3.55. The van der Waals surface area contributed by atoms with Crippen molar-refractivity contribution in [2.24, 2.45) is 11.7 Å². The van der Waals surface area contributed by atoms with Gasteiger partial charge in [0.15, 0.2) is 5.82 Å². The molecule has 298 valence electrons. The van der Waals surface area contributed by atoms with Crippen LogP contribution in [0.1, 0.15) is 57.2 Å². The Balaban J connectivity index is 1.03. The maximum Gasteiger partial charge on any atom is 0.433 e. The largest absolute Gasteiger partial charge is 0.480 e. The van der Waals surface area contributed by atoms with Gasteiger partial charge in [-0.3, -0.25) is 34.2 Å². The predicted octanol–water partition coefficient (Wildman–Crippen LogP) is 3.55. The molecule has 2 saturated heterocycles. The van der Waals surface area contributed by atoms with Crippen LogP contribution in [0, 0.1) is 5.92 Å². The molecule has 0 radical (unpaired) electrons. The highest BCUT2D eigenvalue weighted by Crippen LogP contribution is 2.36. The van der Waals surface area contributed by atoms with Gasteiger partial charge in [-0.05, 0) is 62.2 Å². The zero-order valence-corrected chi connectivity index (χ0v) is 30.9. The Morgan fingerprint density at radius 2 is 1.68 bits per heavy atom. The highest BCUT2D eigenvalue weighted by Gasteiger charge is 2.38. The number of carbonyl (C=O) groups excluding carboxylic acids is 3. The van der Waals surface area contributed by atoms with E-state index in [0.717, 1.165) is 12.8 Å². The third kappa shape index (κ3) is 9.82. The molecule has 7 N–H and O–H groups in total. The quantitative estimate of drug-likeness (QED) is 0.115. The maximum absolute atomic E-state index is 14.0. The molecule has 1 aromatic carbocycles. The number of anilines is 2. The number of pyridine rings is 1. The number of likely N-dealkylation sites (tertiary alicyclic amines) is 1. The average molecular weight is 800 g/mol. The second-order valence-corrected chi connectivity index (χ2v) is 14.1. The van der Waals surface area contributed by atoms with Gasteiger partial charge in [-0.15, -0.1) is 0 Å². The second kappa shape index (κ2) is 17.5. The fourth-order valence-electron chi connectivity index (χ4n) is 6.80. The number of aliphatic carboxylic acids is 1. The van der Waals surface area contributed by atoms with Gasteiger partial charge in [0, 0.05) is 75.3 Å². The minimum atomic E-state index is -4.74. The lowest BCUT2D eigenvalue weighted by molar-refractivity contribution is -0.142. The fraction of sp³-hybridized carbons (Fsp3) is 0.417. The van der Waals surface area contributed by atoms with Gasteiger partial charge < -0.3 is 36.3 Å². The van der Waals surface area contributed by atoms with Crippen molar-refractivity contribution in [1.82, 2.24) is 39.8 Å². The number of H-pyrrole nitrogens is 2. The van der Waals surface area contributed by atoms with Gasteiger partial charge in [-0.25, -0.2) is 4.98 Å². The number of halogens is 4. The lowest BCUT2D eigenvalue weighted by Gasteiger charge is -2.36. The van der Waals surface area contributed by atoms with E-state index in [1.807, 2.05) is 4.90 Å². The van der Waals surface area contributed by atoms with E-state index in [0.29, 0.717) is 64.5 Å². The van der Waals surface area contributed by atoms with Crippen molar-refractivity contribution in [3.63, 3.8) is 0 Å². The molecule has 0 spiro atoms. The molecule has 2 aliphatic heterocycles. The molecule has 56 heavy (non-hydrogen) atoms. The zero-order chi connectivity index (χ0) is 40.0. The number of alkyl halides is 3. The normalized spacial score (nSPS) is 15.5. The molecule has 20 heteroatoms. The van der Waals surface area contributed by atoms with Crippen LogP contribution < -0.4 is 16.4 Å². The molecular weight excluding hydrogens is 759 g/mol. The Bertz CT molecular complexity index is 2040. The number of imidazole rings is 1. The number of aromatic amines is 2. The summed E-state index contributed by atoms with van der Waals surface area (Å²) >= 11 is 6.49. The van der Waals surface area contributed by atoms with Crippen LogP contribution in [0.2, 0.25) is 5.02 Å². The van der Waals surface area contributed by atoms with Crippen molar-refractivity contribution in [1.29, 1.82) is 0 Å². The number of piperidine rings is 1. The van der Waals surface area contributed by atoms with Crippen molar-refractivity contribution < 1.29 is 37.5 Å². The summed E-state index contributed by atoms with van der Waals surface area (Å²) in [6, 6.07) is 7.59. The van der Waals surface area contributed by atoms with Gasteiger partial charge in [0.1, 0.15) is 11.4 Å². The third-order valence-electron chi connectivity index (χ3n) is 9.75. The van der Waals surface area contributed by atoms with Gasteiger partial charge in [0.05, 0.1) is 34.7 Å². The molecule has 2 fully saturated rings. The third-order valence-corrected chi connectivity index (χ3v) is 10.1. The van der Waals surface area contributed by atoms with Crippen molar-refractivity contribution >= 4 is 46.7 Å². The van der Waals surface area contributed by atoms with E-state index < -0.39 is 23.7 Å². The predicted molar refractivity (Wildman–Crippen MR) is 199 cm³/mol. The standard InChI is InChI=1S/C36H41ClF3N11O5/c37-27-17-22(1-3-25(27)35(56)51-13-11-50(12-14-51)29(52)15-21-5-9-49(10-6-21)20-30(53)54)46-34(55)33-44-19-24(45-33)16-26-31(47-48-32(26)36(38,39)40)28-4-2-23(18-43-28)42-8-7-41/h1-4,17-19,21,42H,5-16,20,41H2,(H,44,45)(H,46,55)(H,47,48)(H,53,54). The van der Waals surface area contributed by atoms with Crippen LogP contribution in [-0.4, -0.2) is 128 Å². The topological polar surface area (TPSA) is 219 Å². The molecule has 0 aliphatic carbocycles. The van der Waals surface area contributed by atoms with E-state index in [1.54, 1.807) is 21.9 Å². The number of nitrogens with two attached hydrogens (primary N) is 1. The first-order valence-electron chi connectivity index (χ1n) is 18.0. The lowest BCUT2D eigenvalue weighted by atomic mass is 9.93. The Labute approximate surface area is 324 Å². The molecule has 3 amide bonds. The lowest BCUT2D eigenvalue weighted by Crippen LogP contribution is -2.51. The van der Waals surface area contributed by atoms with E-state index in [1.165, 1.54) is 30.6 Å². The molecular formula is C36H41ClF3N11O5. The summed E-state index contributed by atoms with van der Waals surface area (Å²) in [6.07, 6.45) is -0.398. The van der Waals surface area contributed by atoms with Crippen LogP contribution in [0.4, 0.5) is 24.5 Å². The van der Waals surface area contributed by atoms with Gasteiger partial charge in [-0.2, -0.15) is 18.3 Å². The van der Waals surface area contributed by atoms with Gasteiger partial charge in [0.2, 0.25) is 5.91 Å². The molecule has 0 saturated carbocycles. The fourth-order valence-corrected chi connectivity index (χ4v) is 7.06. The number of hydrogen-bond donors (Lipinski definition) is 6. The molecule has 16 nitrogen and oxygen atoms in total. The summed E-state index contributed by atoms with van der Waals surface area (Å²) in [4.78, 5) is 66.7. The number of carboxylic acids is 1. The zero-order valence-electron chi connectivity index (χ0n) is 30.2. The Morgan fingerprint density at radius 1 is 0.964 bits per heavy atom. The molecule has 2 aliphatic rings. The smallest absolute Gasteiger partial charge is 0.433 e. The van der Waals surface area contributed by atoms with E-state index in [9.17, 15) is 32.3 Å². The van der Waals surface area contributed by atoms with Crippen LogP contribution in [0.25, 0.3) is 11.4 Å². The number of carboxylic acid groups (broad SMARTS) is 1. The van der Waals surface area contributed by atoms with Crippen LogP contribution in [0.15, 0.2) is 42.7 Å². The highest BCUT2D eigenvalue weighted by atomic mass is 35.5. The van der Waals surface area contributed by atoms with Crippen LogP contribution in [-0.2, 0) is 22.2 Å². The van der Waals surface area contributed by atoms with E-state index >= 15 is 0 Å². The number of hydrogen-bond acceptors (Lipinski definition) is 10. The van der Waals surface area contributed by atoms with Gasteiger partial charge >= 0.3 is 12.1 Å². The first kappa shape index (κ1) is 40.1. The molecule has 0 bridgehead atoms. The molecule has 0 atom stereocenters. The Hall–Kier alpha value is -5.53. The van der Waals surface area contributed by atoms with Crippen molar-refractivity contribution in [3.05, 3.63) is 76.1 Å². The van der Waals surface area contributed by atoms with Crippen LogP contribution >= 0.6 is 11.6 Å². The second-order valence-electron chi connectivity index (χ2n) is 13.6. The number of aromatic nitrogens is 5. The summed E-state index contributed by atoms with van der Waals surface area (Å²) in [5, 5.41) is 20.7. The summed E-state index contributed by atoms with van der Waals surface area (Å²) in [5.74, 6) is -1.84. The molecule has 4 aromatic rings. The Kier molecular flexibility index (Phi) is 12.6. The first-order valence-corrected chi connectivity index (χ1v) is 18.4. The van der Waals surface area contributed by atoms with E-state index in [-0.39, 0.29) is 75.4 Å². The van der Waals surface area contributed by atoms with E-state index in [4.69, 9.17) is 22.4 Å². The van der Waals surface area contributed by atoms with Crippen molar-refractivity contribution in [3.8, 4) is 11.4 Å². The monoisotopic (exact) mass is 799 g/mol. The maximum atomic E-state index is 14.0. The SMILES string of the molecule is NCCNc1ccc(-c2n[nH]c(C(F)(F)F)c2Cc2cnc(C(=O)Nc3ccc(C(=O)N4CCN(C(=O)CC5CCN(CC(=O)O)CC5)CC4)c(Cl)c3)[nH]2)nc1. The molecule has 3 aromatic heterocycles. The summed E-state index contributed by atoms with van der Waals surface area (Å²) in [7, 11) is 0. The summed E-state index contributed by atoms with van der Waals surface area (Å²) in [5.41, 5.74) is 5.79. The first-order chi connectivity index (χ1) is 26.8. The number of benzene rings is 1. The van der Waals surface area contributed by atoms with Gasteiger partial charge in [0.25, 0.3) is 11.8 Å². The average Bonchev–Trinajstić information content (AvgIpc) is 3.83. The van der Waals surface area contributed by atoms with Crippen LogP contribution in [0.3, 0.4) is 0 Å². The van der Waals surface area contributed by atoms with Crippen molar-refractivity contribution in [2.75, 3.05) is 69.5 Å². The van der Waals surface area contributed by atoms with E-state index in [2.05, 4.69) is 35.8 Å². The number of piperazine rings is 1. The molecule has 0 unspecified atom stereocenters. The highest BCUT2D eigenvalue weighted by molar-refractivity contribution is 6.34. The Morgan fingerprint density at radius 3 is 2.32 bits per heavy atom. The minimum Gasteiger partial charge on any atom is -0.480 e. The molecule has 6 rings (SSSR count). The number of rotatable bonds is 13.